The van der Waals surface area contributed by atoms with Crippen LogP contribution in [0.3, 0.4) is 0 Å². The molecule has 22 heteroatoms. The van der Waals surface area contributed by atoms with Crippen LogP contribution in [0, 0.1) is 0 Å². The topological polar surface area (TPSA) is 245 Å². The van der Waals surface area contributed by atoms with Gasteiger partial charge in [0.1, 0.15) is 63.4 Å². The number of sulfonamides is 1. The van der Waals surface area contributed by atoms with Gasteiger partial charge in [0.05, 0.1) is 41.2 Å². The molecule has 20 nitrogen and oxygen atoms in total. The molecule has 0 saturated heterocycles. The summed E-state index contributed by atoms with van der Waals surface area (Å²) in [6.45, 7) is 9.78. The molecular formula is C91H87CuN9O11S. The van der Waals surface area contributed by atoms with Crippen LogP contribution in [0.4, 0.5) is 9.59 Å². The third-order valence-electron chi connectivity index (χ3n) is 18.9. The van der Waals surface area contributed by atoms with Crippen molar-refractivity contribution in [2.75, 3.05) is 47.8 Å². The maximum atomic E-state index is 12.1. The fourth-order valence-corrected chi connectivity index (χ4v) is 13.1. The normalized spacial score (nSPS) is 11.2. The Morgan fingerprint density at radius 3 is 0.867 bits per heavy atom. The van der Waals surface area contributed by atoms with E-state index in [1.54, 1.807) is 56.1 Å². The first-order valence-electron chi connectivity index (χ1n) is 36.5. The van der Waals surface area contributed by atoms with Gasteiger partial charge < -0.3 is 43.1 Å². The van der Waals surface area contributed by atoms with E-state index in [1.807, 2.05) is 208 Å². The number of fused-ring (bicyclic) bond motifs is 24. The van der Waals surface area contributed by atoms with Crippen LogP contribution in [0.1, 0.15) is 54.4 Å². The second-order valence-electron chi connectivity index (χ2n) is 27.1. The van der Waals surface area contributed by atoms with Crippen molar-refractivity contribution in [2.45, 2.75) is 65.6 Å². The molecule has 12 aromatic carbocycles. The molecule has 0 saturated carbocycles. The molecule has 17 rings (SSSR count). The number of nitrogens with zero attached hydrogens (tertiary/aromatic N) is 7. The quantitative estimate of drug-likeness (QED) is 0.0853. The average molecular weight is 1580 g/mol. The number of nitrogens with one attached hydrogen (secondary N) is 2. The molecule has 113 heavy (non-hydrogen) atoms. The van der Waals surface area contributed by atoms with Crippen molar-refractivity contribution in [1.82, 2.24) is 44.2 Å². The Balaban J connectivity index is 0.000000147. The summed E-state index contributed by atoms with van der Waals surface area (Å²) in [7, 11) is 2.93. The molecule has 1 amide bonds. The number of carbonyl (C=O) groups is 2. The third kappa shape index (κ3) is 19.5. The first kappa shape index (κ1) is 81.2. The summed E-state index contributed by atoms with van der Waals surface area (Å²) in [5.41, 5.74) is 4.96. The molecule has 0 unspecified atom stereocenters. The molecule has 3 aromatic heterocycles. The summed E-state index contributed by atoms with van der Waals surface area (Å²) in [6, 6.07) is 89.2. The summed E-state index contributed by atoms with van der Waals surface area (Å²) >= 11 is 0. The maximum absolute atomic E-state index is 12.1. The zero-order valence-corrected chi connectivity index (χ0v) is 66.3. The predicted octanol–water partition coefficient (Wildman–Crippen LogP) is 21.2. The summed E-state index contributed by atoms with van der Waals surface area (Å²) in [5, 5.41) is 13.4. The summed E-state index contributed by atoms with van der Waals surface area (Å²) in [4.78, 5) is 60.4. The van der Waals surface area contributed by atoms with Crippen molar-refractivity contribution in [3.05, 3.63) is 267 Å². The van der Waals surface area contributed by atoms with Crippen molar-refractivity contribution in [3.8, 4) is 68.5 Å². The molecular weight excluding hydrogens is 1490 g/mol. The summed E-state index contributed by atoms with van der Waals surface area (Å²) < 4.78 is 60.0. The number of amides is 1. The Labute approximate surface area is 666 Å². The standard InChI is InChI=1S/C32H18N8.C15H29NO7S.4C11H10O.Cu/c1-2-10-18-17(9-1)25-33-26(18)38-28-21-13-5-6-14-22(21)30(35-28)40-32-24-16-8-7-15-23(24)31(36-32)39-29-20-12-4-3-11-19(20)27(34-29)37-25;1-8-14(3,4)22-12(17)16(24(7,19)20)10-11-21-13(18)23-15(5,6)9-2;4*1-12-11-8-4-6-9-5-2-3-7-10(9)11;/h1-16H,(H2,33,34,35,36,37,38,39,40);8-11H2,1-7H3;4*2-8H,1H3;. The van der Waals surface area contributed by atoms with E-state index < -0.39 is 33.5 Å². The molecule has 2 aliphatic rings. The first-order chi connectivity index (χ1) is 54.2. The third-order valence-corrected chi connectivity index (χ3v) is 20.0. The van der Waals surface area contributed by atoms with Crippen LogP contribution in [0.15, 0.2) is 267 Å². The number of aromatic nitrogens is 8. The number of hydrogen-bond donors (Lipinski definition) is 2. The average Bonchev–Trinajstić information content (AvgIpc) is 1.58. The van der Waals surface area contributed by atoms with Crippen molar-refractivity contribution in [1.29, 1.82) is 0 Å². The minimum atomic E-state index is -3.86. The smallest absolute Gasteiger partial charge is 0.496 e. The van der Waals surface area contributed by atoms with E-state index in [9.17, 15) is 18.0 Å². The zero-order valence-electron chi connectivity index (χ0n) is 64.6. The van der Waals surface area contributed by atoms with Gasteiger partial charge in [0.15, 0.2) is 23.3 Å². The van der Waals surface area contributed by atoms with E-state index in [0.29, 0.717) is 63.0 Å². The van der Waals surface area contributed by atoms with Gasteiger partial charge in [-0.05, 0) is 86.3 Å². The van der Waals surface area contributed by atoms with Gasteiger partial charge >= 0.3 is 12.2 Å². The van der Waals surface area contributed by atoms with Crippen LogP contribution in [-0.4, -0.2) is 124 Å². The van der Waals surface area contributed by atoms with E-state index in [2.05, 4.69) is 82.8 Å². The Hall–Kier alpha value is -12.8. The number of benzene rings is 12. The van der Waals surface area contributed by atoms with Gasteiger partial charge in [0.25, 0.3) is 0 Å². The molecule has 8 bridgehead atoms. The molecule has 0 spiro atoms. The molecule has 5 heterocycles. The van der Waals surface area contributed by atoms with Gasteiger partial charge in [-0.2, -0.15) is 0 Å². The van der Waals surface area contributed by atoms with E-state index in [0.717, 1.165) is 73.1 Å². The predicted molar refractivity (Wildman–Crippen MR) is 447 cm³/mol. The largest absolute Gasteiger partial charge is 0.508 e. The van der Waals surface area contributed by atoms with Gasteiger partial charge in [-0.1, -0.05) is 257 Å². The van der Waals surface area contributed by atoms with Crippen LogP contribution < -0.4 is 18.9 Å². The second kappa shape index (κ2) is 36.8. The number of carbonyl (C=O) groups excluding carboxylic acids is 2. The van der Waals surface area contributed by atoms with Crippen molar-refractivity contribution in [2.24, 2.45) is 0 Å². The Morgan fingerprint density at radius 1 is 0.354 bits per heavy atom. The SMILES string of the molecule is CCC(C)(C)OC(=O)OCCN(C(=O)OC(C)(C)CC)S(C)(=O)=O.COc1cccc2ccccc12.COc1cccc2ccccc12.COc1cccc2ccccc12.COc1cccc2ccccc12.[Cu].c1ccc2c(c1)-c1nc-2nc2[nH]c(nc3nc(nc4[nH]c(n1)c1ccccc41)-c1ccccc1-3)c1ccccc21. The fourth-order valence-electron chi connectivity index (χ4n) is 12.4. The molecule has 0 aliphatic carbocycles. The minimum Gasteiger partial charge on any atom is -0.496 e. The number of aromatic amines is 2. The molecule has 0 atom stereocenters. The van der Waals surface area contributed by atoms with Gasteiger partial charge in [-0.3, -0.25) is 0 Å². The monoisotopic (exact) mass is 1580 g/mol. The van der Waals surface area contributed by atoms with E-state index in [1.165, 1.54) is 43.1 Å². The molecule has 2 N–H and O–H groups in total. The van der Waals surface area contributed by atoms with Crippen molar-refractivity contribution >= 4 is 109 Å². The second-order valence-corrected chi connectivity index (χ2v) is 29.1. The molecule has 0 fully saturated rings. The Bertz CT molecular complexity index is 5530. The van der Waals surface area contributed by atoms with Gasteiger partial charge in [0.2, 0.25) is 10.0 Å². The summed E-state index contributed by atoms with van der Waals surface area (Å²) in [6.07, 6.45) is 0.0697. The number of methoxy groups -OCH3 is 4. The van der Waals surface area contributed by atoms with Gasteiger partial charge in [0, 0.05) is 82.4 Å². The van der Waals surface area contributed by atoms with E-state index in [-0.39, 0.29) is 30.2 Å². The number of ether oxygens (including phenoxy) is 7. The van der Waals surface area contributed by atoms with Gasteiger partial charge in [-0.15, -0.1) is 0 Å². The van der Waals surface area contributed by atoms with Gasteiger partial charge in [-0.25, -0.2) is 52.2 Å². The van der Waals surface area contributed by atoms with Crippen molar-refractivity contribution < 1.29 is 68.2 Å². The number of rotatable bonds is 12. The maximum Gasteiger partial charge on any atom is 0.508 e. The van der Waals surface area contributed by atoms with Crippen LogP contribution in [-0.2, 0) is 41.3 Å². The van der Waals surface area contributed by atoms with E-state index in [4.69, 9.17) is 63.1 Å². The number of hydrogen-bond acceptors (Lipinski definition) is 17. The Kier molecular flexibility index (Phi) is 26.5. The van der Waals surface area contributed by atoms with E-state index >= 15 is 0 Å². The first-order valence-corrected chi connectivity index (χ1v) is 38.4. The summed E-state index contributed by atoms with van der Waals surface area (Å²) in [5.74, 6) is 6.14. The molecule has 15 aromatic rings. The van der Waals surface area contributed by atoms with Crippen LogP contribution in [0.25, 0.3) is 133 Å². The van der Waals surface area contributed by atoms with Crippen LogP contribution in [0.2, 0.25) is 0 Å². The number of H-pyrrole nitrogens is 2. The Morgan fingerprint density at radius 2 is 0.602 bits per heavy atom. The zero-order chi connectivity index (χ0) is 78.9. The van der Waals surface area contributed by atoms with Crippen LogP contribution >= 0.6 is 0 Å². The molecule has 1 radical (unpaired) electrons. The molecule has 2 aliphatic heterocycles. The fraction of sp³-hybridized carbons (Fsp3) is 0.187. The minimum absolute atomic E-state index is 0. The van der Waals surface area contributed by atoms with Crippen LogP contribution in [0.5, 0.6) is 23.0 Å². The molecule has 579 valence electrons. The van der Waals surface area contributed by atoms with Crippen molar-refractivity contribution in [3.63, 3.8) is 0 Å².